The minimum absolute atomic E-state index is 0. The monoisotopic (exact) mass is 244 g/mol. The molecule has 4 heteroatoms. The maximum absolute atomic E-state index is 2.25. The Morgan fingerprint density at radius 1 is 0.545 bits per heavy atom. The van der Waals surface area contributed by atoms with Crippen molar-refractivity contribution < 1.29 is 0 Å². The molecule has 0 radical (unpaired) electrons. The van der Waals surface area contributed by atoms with Crippen molar-refractivity contribution >= 4 is 49.6 Å². The van der Waals surface area contributed by atoms with Crippen LogP contribution >= 0.6 is 49.6 Å². The van der Waals surface area contributed by atoms with Gasteiger partial charge in [-0.3, -0.25) is 0 Å². The van der Waals surface area contributed by atoms with Crippen LogP contribution in [0.15, 0.2) is 0 Å². The fourth-order valence-corrected chi connectivity index (χ4v) is 0.677. The molecular weight excluding hydrogens is 226 g/mol. The van der Waals surface area contributed by atoms with Crippen LogP contribution < -0.4 is 0 Å². The summed E-state index contributed by atoms with van der Waals surface area (Å²) in [6.07, 6.45) is 7.01. The van der Waals surface area contributed by atoms with E-state index in [0.29, 0.717) is 0 Å². The van der Waals surface area contributed by atoms with Crippen LogP contribution in [-0.4, -0.2) is 0 Å². The predicted octanol–water partition coefficient (Wildman–Crippen LogP) is 4.66. The molecule has 0 N–H and O–H groups in total. The van der Waals surface area contributed by atoms with Gasteiger partial charge >= 0.3 is 0 Å². The van der Waals surface area contributed by atoms with Crippen molar-refractivity contribution in [2.24, 2.45) is 0 Å². The summed E-state index contributed by atoms with van der Waals surface area (Å²) in [5.74, 6) is 0. The van der Waals surface area contributed by atoms with E-state index in [1.807, 2.05) is 0 Å². The van der Waals surface area contributed by atoms with Gasteiger partial charge in [-0.05, 0) is 0 Å². The maximum atomic E-state index is 2.25. The van der Waals surface area contributed by atoms with Crippen LogP contribution in [0.3, 0.4) is 0 Å². The fraction of sp³-hybridized carbons (Fsp3) is 1.00. The molecule has 0 aliphatic carbocycles. The predicted molar refractivity (Wildman–Crippen MR) is 63.4 cm³/mol. The first-order chi connectivity index (χ1) is 3.41. The molecule has 0 spiro atoms. The van der Waals surface area contributed by atoms with Crippen molar-refractivity contribution in [1.82, 2.24) is 0 Å². The van der Waals surface area contributed by atoms with Crippen LogP contribution in [-0.2, 0) is 0 Å². The van der Waals surface area contributed by atoms with Gasteiger partial charge in [0.1, 0.15) is 0 Å². The molecule has 76 valence electrons. The third kappa shape index (κ3) is 35.2. The fourth-order valence-electron chi connectivity index (χ4n) is 0.677. The Balaban J connectivity index is -0.0000000300. The Morgan fingerprint density at radius 3 is 1.00 bits per heavy atom. The molecule has 0 aromatic rings. The van der Waals surface area contributed by atoms with Gasteiger partial charge in [-0.25, -0.2) is 0 Å². The highest BCUT2D eigenvalue weighted by Gasteiger charge is 1.80. The summed E-state index contributed by atoms with van der Waals surface area (Å²) in [4.78, 5) is 0. The Labute approximate surface area is 95.5 Å². The summed E-state index contributed by atoms with van der Waals surface area (Å²) in [7, 11) is 0. The summed E-state index contributed by atoms with van der Waals surface area (Å²) in [5, 5.41) is 0. The van der Waals surface area contributed by atoms with E-state index in [0.717, 1.165) is 0 Å². The SMILES string of the molecule is CCCCCCC.Cl.Cl.Cl.Cl. The maximum Gasteiger partial charge on any atom is -0.0533 e. The van der Waals surface area contributed by atoms with Crippen molar-refractivity contribution in [1.29, 1.82) is 0 Å². The Bertz CT molecular complexity index is 29.6. The second-order valence-electron chi connectivity index (χ2n) is 2.06. The van der Waals surface area contributed by atoms with Crippen LogP contribution in [0.25, 0.3) is 0 Å². The molecule has 0 saturated carbocycles. The average Bonchev–Trinajstić information content (AvgIpc) is 1.69. The zero-order valence-electron chi connectivity index (χ0n) is 7.17. The average molecular weight is 246 g/mol. The molecule has 0 aliphatic rings. The number of hydrogen-bond donors (Lipinski definition) is 0. The Hall–Kier alpha value is 1.16. The molecule has 0 nitrogen and oxygen atoms in total. The van der Waals surface area contributed by atoms with Crippen LogP contribution in [0.4, 0.5) is 0 Å². The topological polar surface area (TPSA) is 0 Å². The lowest BCUT2D eigenvalue weighted by Gasteiger charge is -1.90. The Morgan fingerprint density at radius 2 is 0.818 bits per heavy atom. The van der Waals surface area contributed by atoms with E-state index in [-0.39, 0.29) is 49.6 Å². The van der Waals surface area contributed by atoms with Gasteiger partial charge in [-0.15, -0.1) is 49.6 Å². The third-order valence-electron chi connectivity index (χ3n) is 1.21. The van der Waals surface area contributed by atoms with Gasteiger partial charge < -0.3 is 0 Å². The highest BCUT2D eigenvalue weighted by Crippen LogP contribution is 2.00. The van der Waals surface area contributed by atoms with Gasteiger partial charge in [-0.2, -0.15) is 0 Å². The molecule has 0 aliphatic heterocycles. The summed E-state index contributed by atoms with van der Waals surface area (Å²) in [5.41, 5.74) is 0. The molecule has 11 heavy (non-hydrogen) atoms. The highest BCUT2D eigenvalue weighted by molar-refractivity contribution is 5.86. The normalized spacial score (nSPS) is 6.00. The van der Waals surface area contributed by atoms with Crippen LogP contribution in [0.1, 0.15) is 46.0 Å². The summed E-state index contributed by atoms with van der Waals surface area (Å²) < 4.78 is 0. The standard InChI is InChI=1S/C7H16.4ClH/c1-3-5-7-6-4-2;;;;/h3-7H2,1-2H3;4*1H. The molecule has 0 heterocycles. The Kier molecular flexibility index (Phi) is 81.5. The quantitative estimate of drug-likeness (QED) is 0.632. The van der Waals surface area contributed by atoms with Crippen LogP contribution in [0.5, 0.6) is 0 Å². The van der Waals surface area contributed by atoms with Gasteiger partial charge in [-0.1, -0.05) is 46.0 Å². The molecule has 0 rings (SSSR count). The second-order valence-corrected chi connectivity index (χ2v) is 2.06. The molecule has 0 amide bonds. The van der Waals surface area contributed by atoms with E-state index in [4.69, 9.17) is 0 Å². The lowest BCUT2D eigenvalue weighted by molar-refractivity contribution is 0.656. The molecule has 0 bridgehead atoms. The lowest BCUT2D eigenvalue weighted by atomic mass is 10.2. The third-order valence-corrected chi connectivity index (χ3v) is 1.21. The van der Waals surface area contributed by atoms with Crippen LogP contribution in [0.2, 0.25) is 0 Å². The molecule has 0 unspecified atom stereocenters. The number of rotatable bonds is 4. The summed E-state index contributed by atoms with van der Waals surface area (Å²) >= 11 is 0. The van der Waals surface area contributed by atoms with Crippen LogP contribution in [0, 0.1) is 0 Å². The van der Waals surface area contributed by atoms with Crippen molar-refractivity contribution in [3.8, 4) is 0 Å². The molecule has 0 aromatic carbocycles. The van der Waals surface area contributed by atoms with Crippen molar-refractivity contribution in [2.45, 2.75) is 46.0 Å². The van der Waals surface area contributed by atoms with E-state index < -0.39 is 0 Å². The molecule has 0 aromatic heterocycles. The summed E-state index contributed by atoms with van der Waals surface area (Å²) in [6, 6.07) is 0. The zero-order chi connectivity index (χ0) is 5.54. The zero-order valence-corrected chi connectivity index (χ0v) is 10.4. The number of hydrogen-bond acceptors (Lipinski definition) is 0. The molecular formula is C7H20Cl4. The van der Waals surface area contributed by atoms with Crippen molar-refractivity contribution in [3.63, 3.8) is 0 Å². The van der Waals surface area contributed by atoms with Gasteiger partial charge in [0.2, 0.25) is 0 Å². The van der Waals surface area contributed by atoms with E-state index in [1.54, 1.807) is 0 Å². The van der Waals surface area contributed by atoms with E-state index >= 15 is 0 Å². The summed E-state index contributed by atoms with van der Waals surface area (Å²) in [6.45, 7) is 4.49. The minimum Gasteiger partial charge on any atom is -0.147 e. The lowest BCUT2D eigenvalue weighted by Crippen LogP contribution is -1.70. The molecule has 0 fully saturated rings. The van der Waals surface area contributed by atoms with E-state index in [2.05, 4.69) is 13.8 Å². The van der Waals surface area contributed by atoms with Gasteiger partial charge in [0.15, 0.2) is 0 Å². The minimum atomic E-state index is 0. The second kappa shape index (κ2) is 30.4. The first-order valence-electron chi connectivity index (χ1n) is 3.41. The number of unbranched alkanes of at least 4 members (excludes halogenated alkanes) is 4. The van der Waals surface area contributed by atoms with Gasteiger partial charge in [0.25, 0.3) is 0 Å². The number of halogens is 4. The van der Waals surface area contributed by atoms with Crippen molar-refractivity contribution in [3.05, 3.63) is 0 Å². The van der Waals surface area contributed by atoms with Crippen molar-refractivity contribution in [2.75, 3.05) is 0 Å². The molecule has 0 atom stereocenters. The van der Waals surface area contributed by atoms with Gasteiger partial charge in [0, 0.05) is 0 Å². The van der Waals surface area contributed by atoms with E-state index in [1.165, 1.54) is 32.1 Å². The molecule has 0 saturated heterocycles. The first kappa shape index (κ1) is 29.5. The smallest absolute Gasteiger partial charge is 0.0533 e. The van der Waals surface area contributed by atoms with Gasteiger partial charge in [0.05, 0.1) is 0 Å². The van der Waals surface area contributed by atoms with E-state index in [9.17, 15) is 0 Å². The first-order valence-corrected chi connectivity index (χ1v) is 3.41. The highest BCUT2D eigenvalue weighted by atomic mass is 35.5. The largest absolute Gasteiger partial charge is 0.147 e.